The molecule has 1 saturated carbocycles. The average Bonchev–Trinajstić information content (AvgIpc) is 2.31. The summed E-state index contributed by atoms with van der Waals surface area (Å²) < 4.78 is 0. The minimum absolute atomic E-state index is 0.0891. The molecule has 66 valence electrons. The van der Waals surface area contributed by atoms with Gasteiger partial charge in [0.2, 0.25) is 0 Å². The summed E-state index contributed by atoms with van der Waals surface area (Å²) in [4.78, 5) is 0. The molecule has 0 saturated heterocycles. The van der Waals surface area contributed by atoms with E-state index in [-0.39, 0.29) is 6.10 Å². The summed E-state index contributed by atoms with van der Waals surface area (Å²) in [5.74, 6) is 0.683. The van der Waals surface area contributed by atoms with Gasteiger partial charge in [0.1, 0.15) is 0 Å². The largest absolute Gasteiger partial charge is 0.392 e. The fraction of sp³-hybridized carbons (Fsp3) is 1.00. The lowest BCUT2D eigenvalue weighted by Gasteiger charge is -2.17. The van der Waals surface area contributed by atoms with E-state index >= 15 is 0 Å². The number of aliphatic hydroxyl groups is 1. The van der Waals surface area contributed by atoms with Crippen LogP contribution in [0.4, 0.5) is 0 Å². The van der Waals surface area contributed by atoms with Gasteiger partial charge in [0.25, 0.3) is 0 Å². The Balaban J connectivity index is 2.15. The van der Waals surface area contributed by atoms with E-state index in [1.165, 1.54) is 6.42 Å². The summed E-state index contributed by atoms with van der Waals surface area (Å²) in [6, 6.07) is 0.373. The van der Waals surface area contributed by atoms with Crippen molar-refractivity contribution in [3.63, 3.8) is 0 Å². The predicted molar refractivity (Wildman–Crippen MR) is 46.5 cm³/mol. The van der Waals surface area contributed by atoms with Crippen LogP contribution < -0.4 is 5.32 Å². The first-order chi connectivity index (χ1) is 5.20. The SMILES string of the molecule is CC(C)CN[C@H]1CCC[C@@H]1O. The van der Waals surface area contributed by atoms with Crippen LogP contribution in [0.5, 0.6) is 0 Å². The highest BCUT2D eigenvalue weighted by Crippen LogP contribution is 2.18. The molecule has 1 fully saturated rings. The summed E-state index contributed by atoms with van der Waals surface area (Å²) in [6.07, 6.45) is 3.22. The number of aliphatic hydroxyl groups excluding tert-OH is 1. The van der Waals surface area contributed by atoms with Crippen molar-refractivity contribution in [3.05, 3.63) is 0 Å². The second-order valence-corrected chi connectivity index (χ2v) is 3.91. The molecule has 0 radical (unpaired) electrons. The van der Waals surface area contributed by atoms with Gasteiger partial charge in [0.05, 0.1) is 6.10 Å². The van der Waals surface area contributed by atoms with E-state index in [1.807, 2.05) is 0 Å². The maximum atomic E-state index is 9.44. The van der Waals surface area contributed by atoms with Gasteiger partial charge in [-0.25, -0.2) is 0 Å². The Morgan fingerprint density at radius 1 is 1.45 bits per heavy atom. The molecule has 0 heterocycles. The Bertz CT molecular complexity index is 114. The highest BCUT2D eigenvalue weighted by molar-refractivity contribution is 4.82. The molecule has 11 heavy (non-hydrogen) atoms. The molecule has 0 unspecified atom stereocenters. The fourth-order valence-electron chi connectivity index (χ4n) is 1.57. The van der Waals surface area contributed by atoms with Crippen LogP contribution in [0.15, 0.2) is 0 Å². The molecule has 0 bridgehead atoms. The van der Waals surface area contributed by atoms with Crippen LogP contribution in [0.2, 0.25) is 0 Å². The molecule has 2 atom stereocenters. The topological polar surface area (TPSA) is 32.3 Å². The van der Waals surface area contributed by atoms with Crippen LogP contribution in [-0.2, 0) is 0 Å². The number of nitrogens with one attached hydrogen (secondary N) is 1. The van der Waals surface area contributed by atoms with Gasteiger partial charge >= 0.3 is 0 Å². The molecular formula is C9H19NO. The Morgan fingerprint density at radius 2 is 2.18 bits per heavy atom. The van der Waals surface area contributed by atoms with Crippen LogP contribution in [0, 0.1) is 5.92 Å². The smallest absolute Gasteiger partial charge is 0.0693 e. The highest BCUT2D eigenvalue weighted by atomic mass is 16.3. The van der Waals surface area contributed by atoms with E-state index in [9.17, 15) is 5.11 Å². The van der Waals surface area contributed by atoms with Crippen molar-refractivity contribution in [1.82, 2.24) is 5.32 Å². The van der Waals surface area contributed by atoms with Gasteiger partial charge in [0.15, 0.2) is 0 Å². The Morgan fingerprint density at radius 3 is 2.64 bits per heavy atom. The maximum Gasteiger partial charge on any atom is 0.0693 e. The van der Waals surface area contributed by atoms with E-state index < -0.39 is 0 Å². The Labute approximate surface area is 69.0 Å². The summed E-state index contributed by atoms with van der Waals surface area (Å²) in [5.41, 5.74) is 0. The van der Waals surface area contributed by atoms with Gasteiger partial charge in [-0.3, -0.25) is 0 Å². The molecule has 0 aromatic carbocycles. The summed E-state index contributed by atoms with van der Waals surface area (Å²) in [7, 11) is 0. The summed E-state index contributed by atoms with van der Waals surface area (Å²) >= 11 is 0. The van der Waals surface area contributed by atoms with Gasteiger partial charge in [-0.05, 0) is 31.7 Å². The summed E-state index contributed by atoms with van der Waals surface area (Å²) in [6.45, 7) is 5.41. The van der Waals surface area contributed by atoms with Gasteiger partial charge in [-0.15, -0.1) is 0 Å². The van der Waals surface area contributed by atoms with Crippen molar-refractivity contribution in [1.29, 1.82) is 0 Å². The molecule has 2 nitrogen and oxygen atoms in total. The molecule has 1 aliphatic rings. The maximum absolute atomic E-state index is 9.44. The minimum Gasteiger partial charge on any atom is -0.392 e. The molecule has 1 aliphatic carbocycles. The van der Waals surface area contributed by atoms with Crippen molar-refractivity contribution < 1.29 is 5.11 Å². The molecule has 0 aliphatic heterocycles. The van der Waals surface area contributed by atoms with Crippen molar-refractivity contribution in [2.45, 2.75) is 45.3 Å². The van der Waals surface area contributed by atoms with Crippen LogP contribution >= 0.6 is 0 Å². The number of hydrogen-bond donors (Lipinski definition) is 2. The second kappa shape index (κ2) is 4.07. The zero-order chi connectivity index (χ0) is 8.27. The normalized spacial score (nSPS) is 31.6. The van der Waals surface area contributed by atoms with Crippen molar-refractivity contribution in [2.75, 3.05) is 6.54 Å². The third-order valence-corrected chi connectivity index (χ3v) is 2.27. The monoisotopic (exact) mass is 157 g/mol. The van der Waals surface area contributed by atoms with E-state index in [4.69, 9.17) is 0 Å². The van der Waals surface area contributed by atoms with E-state index in [0.29, 0.717) is 12.0 Å². The molecule has 0 amide bonds. The van der Waals surface area contributed by atoms with Gasteiger partial charge in [-0.1, -0.05) is 13.8 Å². The van der Waals surface area contributed by atoms with E-state index in [1.54, 1.807) is 0 Å². The molecule has 2 heteroatoms. The van der Waals surface area contributed by atoms with Crippen molar-refractivity contribution in [2.24, 2.45) is 5.92 Å². The minimum atomic E-state index is -0.0891. The first-order valence-corrected chi connectivity index (χ1v) is 4.61. The van der Waals surface area contributed by atoms with Crippen molar-refractivity contribution in [3.8, 4) is 0 Å². The third-order valence-electron chi connectivity index (χ3n) is 2.27. The standard InChI is InChI=1S/C9H19NO/c1-7(2)6-10-8-4-3-5-9(8)11/h7-11H,3-6H2,1-2H3/t8-,9-/m0/s1. The first kappa shape index (κ1) is 9.01. The molecule has 2 N–H and O–H groups in total. The van der Waals surface area contributed by atoms with E-state index in [2.05, 4.69) is 19.2 Å². The molecule has 1 rings (SSSR count). The lowest BCUT2D eigenvalue weighted by atomic mass is 10.1. The molecular weight excluding hydrogens is 138 g/mol. The van der Waals surface area contributed by atoms with Crippen LogP contribution in [0.25, 0.3) is 0 Å². The van der Waals surface area contributed by atoms with Crippen LogP contribution in [-0.4, -0.2) is 23.8 Å². The lowest BCUT2D eigenvalue weighted by Crippen LogP contribution is -2.37. The Kier molecular flexibility index (Phi) is 3.34. The quantitative estimate of drug-likeness (QED) is 0.644. The highest BCUT2D eigenvalue weighted by Gasteiger charge is 2.24. The van der Waals surface area contributed by atoms with Gasteiger partial charge < -0.3 is 10.4 Å². The third kappa shape index (κ3) is 2.80. The lowest BCUT2D eigenvalue weighted by molar-refractivity contribution is 0.147. The van der Waals surface area contributed by atoms with Gasteiger partial charge in [-0.2, -0.15) is 0 Å². The van der Waals surface area contributed by atoms with E-state index in [0.717, 1.165) is 19.4 Å². The summed E-state index contributed by atoms with van der Waals surface area (Å²) in [5, 5.41) is 12.8. The zero-order valence-corrected chi connectivity index (χ0v) is 7.51. The fourth-order valence-corrected chi connectivity index (χ4v) is 1.57. The first-order valence-electron chi connectivity index (χ1n) is 4.61. The zero-order valence-electron chi connectivity index (χ0n) is 7.51. The number of hydrogen-bond acceptors (Lipinski definition) is 2. The Hall–Kier alpha value is -0.0800. The van der Waals surface area contributed by atoms with Crippen molar-refractivity contribution >= 4 is 0 Å². The predicted octanol–water partition coefficient (Wildman–Crippen LogP) is 1.15. The average molecular weight is 157 g/mol. The van der Waals surface area contributed by atoms with Gasteiger partial charge in [0, 0.05) is 6.04 Å². The van der Waals surface area contributed by atoms with Crippen LogP contribution in [0.1, 0.15) is 33.1 Å². The molecule has 0 aromatic rings. The number of rotatable bonds is 3. The van der Waals surface area contributed by atoms with Crippen LogP contribution in [0.3, 0.4) is 0 Å². The molecule has 0 aromatic heterocycles. The molecule has 0 spiro atoms. The second-order valence-electron chi connectivity index (χ2n) is 3.91.